The third kappa shape index (κ3) is 2.76. The molecule has 1 fully saturated rings. The molecule has 4 N–H and O–H groups in total. The van der Waals surface area contributed by atoms with Crippen molar-refractivity contribution in [1.29, 1.82) is 0 Å². The number of piperidine rings is 1. The first-order chi connectivity index (χ1) is 9.33. The molecule has 0 atom stereocenters. The van der Waals surface area contributed by atoms with Crippen molar-refractivity contribution in [1.82, 2.24) is 15.3 Å². The van der Waals surface area contributed by atoms with Gasteiger partial charge < -0.3 is 16.4 Å². The Morgan fingerprint density at radius 2 is 1.84 bits per heavy atom. The summed E-state index contributed by atoms with van der Waals surface area (Å²) in [5, 5.41) is 6.72. The van der Waals surface area contributed by atoms with Gasteiger partial charge in [-0.3, -0.25) is 0 Å². The highest BCUT2D eigenvalue weighted by atomic mass is 15.1. The van der Waals surface area contributed by atoms with Crippen molar-refractivity contribution in [2.45, 2.75) is 12.8 Å². The Morgan fingerprint density at radius 3 is 2.58 bits per heavy atom. The maximum Gasteiger partial charge on any atom is 0.169 e. The average molecular weight is 257 g/mol. The van der Waals surface area contributed by atoms with E-state index < -0.39 is 0 Å². The number of fused-ring (bicyclic) bond motifs is 1. The molecule has 5 nitrogen and oxygen atoms in total. The summed E-state index contributed by atoms with van der Waals surface area (Å²) >= 11 is 0. The van der Waals surface area contributed by atoms with Gasteiger partial charge >= 0.3 is 0 Å². The van der Waals surface area contributed by atoms with Gasteiger partial charge in [0.25, 0.3) is 0 Å². The molecular formula is C14H19N5. The van der Waals surface area contributed by atoms with Crippen LogP contribution in [-0.4, -0.2) is 29.6 Å². The van der Waals surface area contributed by atoms with Gasteiger partial charge in [-0.2, -0.15) is 0 Å². The molecule has 0 spiro atoms. The van der Waals surface area contributed by atoms with E-state index in [0.29, 0.717) is 17.6 Å². The summed E-state index contributed by atoms with van der Waals surface area (Å²) in [7, 11) is 0. The third-order valence-corrected chi connectivity index (χ3v) is 3.61. The van der Waals surface area contributed by atoms with Gasteiger partial charge in [0.05, 0.1) is 11.0 Å². The summed E-state index contributed by atoms with van der Waals surface area (Å²) in [6, 6.07) is 7.79. The van der Waals surface area contributed by atoms with Gasteiger partial charge in [0.1, 0.15) is 0 Å². The molecule has 0 amide bonds. The molecule has 0 saturated carbocycles. The number of aromatic nitrogens is 2. The number of rotatable bonds is 3. The van der Waals surface area contributed by atoms with Crippen LogP contribution in [0.2, 0.25) is 0 Å². The highest BCUT2D eigenvalue weighted by Gasteiger charge is 2.13. The van der Waals surface area contributed by atoms with E-state index in [2.05, 4.69) is 20.6 Å². The second kappa shape index (κ2) is 5.40. The van der Waals surface area contributed by atoms with Gasteiger partial charge in [-0.1, -0.05) is 12.1 Å². The number of para-hydroxylation sites is 2. The maximum absolute atomic E-state index is 5.95. The van der Waals surface area contributed by atoms with E-state index in [1.807, 2.05) is 24.3 Å². The summed E-state index contributed by atoms with van der Waals surface area (Å²) in [5.41, 5.74) is 7.67. The molecule has 3 rings (SSSR count). The summed E-state index contributed by atoms with van der Waals surface area (Å²) in [4.78, 5) is 8.92. The van der Waals surface area contributed by atoms with Crippen molar-refractivity contribution in [3.63, 3.8) is 0 Å². The molecule has 0 aliphatic carbocycles. The fourth-order valence-electron chi connectivity index (χ4n) is 2.47. The van der Waals surface area contributed by atoms with Crippen LogP contribution in [-0.2, 0) is 0 Å². The van der Waals surface area contributed by atoms with Crippen LogP contribution in [0.25, 0.3) is 11.0 Å². The quantitative estimate of drug-likeness (QED) is 0.779. The number of nitrogen functional groups attached to an aromatic ring is 1. The molecule has 1 aromatic heterocycles. The zero-order valence-electron chi connectivity index (χ0n) is 10.9. The average Bonchev–Trinajstić information content (AvgIpc) is 2.46. The number of hydrogen-bond donors (Lipinski definition) is 3. The Kier molecular flexibility index (Phi) is 3.46. The van der Waals surface area contributed by atoms with Gasteiger partial charge in [-0.25, -0.2) is 9.97 Å². The second-order valence-corrected chi connectivity index (χ2v) is 5.02. The van der Waals surface area contributed by atoms with Crippen molar-refractivity contribution >= 4 is 22.7 Å². The predicted molar refractivity (Wildman–Crippen MR) is 78.0 cm³/mol. The van der Waals surface area contributed by atoms with Crippen LogP contribution in [0.5, 0.6) is 0 Å². The minimum Gasteiger partial charge on any atom is -0.381 e. The summed E-state index contributed by atoms with van der Waals surface area (Å²) < 4.78 is 0. The van der Waals surface area contributed by atoms with Crippen LogP contribution >= 0.6 is 0 Å². The van der Waals surface area contributed by atoms with E-state index in [0.717, 1.165) is 30.7 Å². The zero-order valence-corrected chi connectivity index (χ0v) is 10.9. The van der Waals surface area contributed by atoms with Crippen LogP contribution in [0.1, 0.15) is 12.8 Å². The lowest BCUT2D eigenvalue weighted by Gasteiger charge is -2.23. The molecule has 0 radical (unpaired) electrons. The van der Waals surface area contributed by atoms with E-state index in [-0.39, 0.29) is 0 Å². The Labute approximate surface area is 112 Å². The van der Waals surface area contributed by atoms with E-state index in [1.54, 1.807) is 0 Å². The van der Waals surface area contributed by atoms with Crippen LogP contribution in [0, 0.1) is 5.92 Å². The lowest BCUT2D eigenvalue weighted by Crippen LogP contribution is -2.31. The first-order valence-electron chi connectivity index (χ1n) is 6.80. The Balaban J connectivity index is 1.74. The van der Waals surface area contributed by atoms with E-state index in [1.165, 1.54) is 12.8 Å². The fourth-order valence-corrected chi connectivity index (χ4v) is 2.47. The predicted octanol–water partition coefficient (Wildman–Crippen LogP) is 1.62. The van der Waals surface area contributed by atoms with Gasteiger partial charge in [0.15, 0.2) is 11.6 Å². The number of hydrogen-bond acceptors (Lipinski definition) is 5. The van der Waals surface area contributed by atoms with Crippen molar-refractivity contribution in [3.8, 4) is 0 Å². The minimum atomic E-state index is 0.479. The maximum atomic E-state index is 5.95. The molecular weight excluding hydrogens is 238 g/mol. The molecule has 2 aromatic rings. The van der Waals surface area contributed by atoms with E-state index in [4.69, 9.17) is 5.73 Å². The smallest absolute Gasteiger partial charge is 0.169 e. The lowest BCUT2D eigenvalue weighted by molar-refractivity contribution is 0.389. The summed E-state index contributed by atoms with van der Waals surface area (Å²) in [6.45, 7) is 3.12. The van der Waals surface area contributed by atoms with Crippen molar-refractivity contribution in [3.05, 3.63) is 24.3 Å². The van der Waals surface area contributed by atoms with E-state index in [9.17, 15) is 0 Å². The van der Waals surface area contributed by atoms with Crippen molar-refractivity contribution in [2.24, 2.45) is 5.92 Å². The molecule has 0 bridgehead atoms. The third-order valence-electron chi connectivity index (χ3n) is 3.61. The molecule has 19 heavy (non-hydrogen) atoms. The van der Waals surface area contributed by atoms with Crippen LogP contribution < -0.4 is 16.4 Å². The summed E-state index contributed by atoms with van der Waals surface area (Å²) in [5.74, 6) is 1.87. The Bertz CT molecular complexity index is 563. The fraction of sp³-hybridized carbons (Fsp3) is 0.429. The van der Waals surface area contributed by atoms with E-state index >= 15 is 0 Å². The first-order valence-corrected chi connectivity index (χ1v) is 6.80. The second-order valence-electron chi connectivity index (χ2n) is 5.02. The number of anilines is 2. The topological polar surface area (TPSA) is 75.9 Å². The van der Waals surface area contributed by atoms with Gasteiger partial charge in [-0.15, -0.1) is 0 Å². The molecule has 1 aromatic carbocycles. The normalized spacial score (nSPS) is 16.6. The summed E-state index contributed by atoms with van der Waals surface area (Å²) in [6.07, 6.45) is 2.40. The molecule has 2 heterocycles. The largest absolute Gasteiger partial charge is 0.381 e. The SMILES string of the molecule is Nc1nc2ccccc2nc1NCC1CCNCC1. The van der Waals surface area contributed by atoms with Gasteiger partial charge in [0.2, 0.25) is 0 Å². The molecule has 100 valence electrons. The molecule has 1 aliphatic rings. The highest BCUT2D eigenvalue weighted by molar-refractivity contribution is 5.79. The number of nitrogens with two attached hydrogens (primary N) is 1. The van der Waals surface area contributed by atoms with Crippen LogP contribution in [0.3, 0.4) is 0 Å². The van der Waals surface area contributed by atoms with Gasteiger partial charge in [-0.05, 0) is 44.0 Å². The zero-order chi connectivity index (χ0) is 13.1. The van der Waals surface area contributed by atoms with Gasteiger partial charge in [0, 0.05) is 6.54 Å². The lowest BCUT2D eigenvalue weighted by atomic mass is 9.98. The first kappa shape index (κ1) is 12.2. The number of benzene rings is 1. The highest BCUT2D eigenvalue weighted by Crippen LogP contribution is 2.20. The molecule has 0 unspecified atom stereocenters. The Hall–Kier alpha value is -1.88. The molecule has 5 heteroatoms. The molecule has 1 aliphatic heterocycles. The number of nitrogens with zero attached hydrogens (tertiary/aromatic N) is 2. The minimum absolute atomic E-state index is 0.479. The Morgan fingerprint density at radius 1 is 1.16 bits per heavy atom. The van der Waals surface area contributed by atoms with Crippen molar-refractivity contribution in [2.75, 3.05) is 30.7 Å². The monoisotopic (exact) mass is 257 g/mol. The standard InChI is InChI=1S/C14H19N5/c15-13-14(17-9-10-5-7-16-8-6-10)19-12-4-2-1-3-11(12)18-13/h1-4,10,16H,5-9H2,(H2,15,18)(H,17,19). The van der Waals surface area contributed by atoms with Crippen LogP contribution in [0.15, 0.2) is 24.3 Å². The van der Waals surface area contributed by atoms with Crippen molar-refractivity contribution < 1.29 is 0 Å². The number of nitrogens with one attached hydrogen (secondary N) is 2. The van der Waals surface area contributed by atoms with Crippen LogP contribution in [0.4, 0.5) is 11.6 Å². The molecule has 1 saturated heterocycles.